The van der Waals surface area contributed by atoms with E-state index in [1.54, 1.807) is 51.2 Å². The number of aromatic amines is 1. The Balaban J connectivity index is 1.65. The molecule has 7 nitrogen and oxygen atoms in total. The van der Waals surface area contributed by atoms with Gasteiger partial charge in [0, 0.05) is 17.4 Å². The van der Waals surface area contributed by atoms with Gasteiger partial charge in [-0.1, -0.05) is 18.2 Å². The molecule has 1 amide bonds. The number of nitrogens with one attached hydrogen (secondary N) is 2. The molecule has 0 aliphatic carbocycles. The number of halogens is 1. The molecule has 32 heavy (non-hydrogen) atoms. The number of benzene rings is 2. The van der Waals surface area contributed by atoms with E-state index in [4.69, 9.17) is 0 Å². The topological polar surface area (TPSA) is 105 Å². The number of sulfone groups is 1. The Bertz CT molecular complexity index is 1430. The molecule has 0 spiro atoms. The van der Waals surface area contributed by atoms with Crippen molar-refractivity contribution in [3.63, 3.8) is 0 Å². The summed E-state index contributed by atoms with van der Waals surface area (Å²) in [5, 5.41) is 2.14. The first kappa shape index (κ1) is 21.6. The van der Waals surface area contributed by atoms with Gasteiger partial charge in [0.25, 0.3) is 5.91 Å². The third kappa shape index (κ3) is 3.99. The molecule has 0 fully saturated rings. The number of nitrogens with zero attached hydrogens (tertiary/aromatic N) is 2. The molecular formula is C23H21FN4O3S. The fraction of sp³-hybridized carbons (Fsp3) is 0.174. The second-order valence-electron chi connectivity index (χ2n) is 7.69. The van der Waals surface area contributed by atoms with Crippen molar-refractivity contribution in [3.8, 4) is 11.3 Å². The average molecular weight is 453 g/mol. The van der Waals surface area contributed by atoms with Gasteiger partial charge in [0.05, 0.1) is 27.6 Å². The lowest BCUT2D eigenvalue weighted by molar-refractivity contribution is 0.102. The van der Waals surface area contributed by atoms with Crippen molar-refractivity contribution in [2.45, 2.75) is 30.9 Å². The molecule has 2 heterocycles. The molecule has 2 aromatic carbocycles. The number of hydrogen-bond acceptors (Lipinski definition) is 5. The average Bonchev–Trinajstić information content (AvgIpc) is 3.19. The standard InChI is InChI=1S/C23H21FN4O3S/c1-13(2)32(30,31)17-8-5-15(6-9-17)20-12-26-22-21(28-20)18(11-25-22)23(29)27-16-7-4-14(3)19(24)10-16/h4-13H,1-3H3,(H,25,26)(H,27,29). The molecule has 164 valence electrons. The summed E-state index contributed by atoms with van der Waals surface area (Å²) in [6.45, 7) is 4.90. The summed E-state index contributed by atoms with van der Waals surface area (Å²) in [4.78, 5) is 24.8. The molecule has 0 saturated heterocycles. The first-order valence-electron chi connectivity index (χ1n) is 9.93. The van der Waals surface area contributed by atoms with Gasteiger partial charge in [-0.25, -0.2) is 22.8 Å². The fourth-order valence-corrected chi connectivity index (χ4v) is 4.22. The highest BCUT2D eigenvalue weighted by atomic mass is 32.2. The van der Waals surface area contributed by atoms with Crippen LogP contribution in [0.3, 0.4) is 0 Å². The van der Waals surface area contributed by atoms with Crippen LogP contribution in [-0.4, -0.2) is 34.5 Å². The molecule has 0 radical (unpaired) electrons. The van der Waals surface area contributed by atoms with E-state index < -0.39 is 26.8 Å². The number of H-pyrrole nitrogens is 1. The Labute approximate surface area is 184 Å². The van der Waals surface area contributed by atoms with E-state index in [1.807, 2.05) is 0 Å². The van der Waals surface area contributed by atoms with Gasteiger partial charge in [-0.2, -0.15) is 0 Å². The summed E-state index contributed by atoms with van der Waals surface area (Å²) in [6, 6.07) is 10.8. The van der Waals surface area contributed by atoms with Crippen LogP contribution in [-0.2, 0) is 9.84 Å². The summed E-state index contributed by atoms with van der Waals surface area (Å²) in [5.74, 6) is -0.865. The first-order valence-corrected chi connectivity index (χ1v) is 11.5. The summed E-state index contributed by atoms with van der Waals surface area (Å²) >= 11 is 0. The largest absolute Gasteiger partial charge is 0.344 e. The Hall–Kier alpha value is -3.59. The maximum absolute atomic E-state index is 13.8. The van der Waals surface area contributed by atoms with E-state index in [-0.39, 0.29) is 10.5 Å². The van der Waals surface area contributed by atoms with Gasteiger partial charge in [0.15, 0.2) is 15.5 Å². The lowest BCUT2D eigenvalue weighted by Gasteiger charge is -2.09. The second-order valence-corrected chi connectivity index (χ2v) is 10.2. The number of rotatable bonds is 5. The van der Waals surface area contributed by atoms with E-state index >= 15 is 0 Å². The van der Waals surface area contributed by atoms with Crippen molar-refractivity contribution in [3.05, 3.63) is 71.8 Å². The third-order valence-electron chi connectivity index (χ3n) is 5.15. The van der Waals surface area contributed by atoms with Gasteiger partial charge in [-0.05, 0) is 50.6 Å². The quantitative estimate of drug-likeness (QED) is 0.464. The molecule has 0 aliphatic heterocycles. The van der Waals surface area contributed by atoms with Crippen LogP contribution >= 0.6 is 0 Å². The number of carbonyl (C=O) groups excluding carboxylic acids is 1. The zero-order valence-electron chi connectivity index (χ0n) is 17.7. The van der Waals surface area contributed by atoms with E-state index in [1.165, 1.54) is 24.4 Å². The molecule has 2 aromatic heterocycles. The first-order chi connectivity index (χ1) is 15.2. The minimum absolute atomic E-state index is 0.234. The number of hydrogen-bond donors (Lipinski definition) is 2. The number of aromatic nitrogens is 3. The Kier molecular flexibility index (Phi) is 5.52. The third-order valence-corrected chi connectivity index (χ3v) is 7.32. The molecular weight excluding hydrogens is 431 g/mol. The van der Waals surface area contributed by atoms with E-state index in [2.05, 4.69) is 20.3 Å². The van der Waals surface area contributed by atoms with Crippen LogP contribution in [0.4, 0.5) is 10.1 Å². The number of aryl methyl sites for hydroxylation is 1. The summed E-state index contributed by atoms with van der Waals surface area (Å²) in [5.41, 5.74) is 3.00. The predicted molar refractivity (Wildman–Crippen MR) is 121 cm³/mol. The van der Waals surface area contributed by atoms with Crippen LogP contribution in [0, 0.1) is 12.7 Å². The van der Waals surface area contributed by atoms with Crippen LogP contribution in [0.25, 0.3) is 22.4 Å². The smallest absolute Gasteiger partial charge is 0.259 e. The molecule has 0 atom stereocenters. The Morgan fingerprint density at radius 3 is 2.50 bits per heavy atom. The SMILES string of the molecule is Cc1ccc(NC(=O)c2c[nH]c3ncc(-c4ccc(S(=O)(=O)C(C)C)cc4)nc23)cc1F. The van der Waals surface area contributed by atoms with Crippen molar-refractivity contribution >= 4 is 32.6 Å². The lowest BCUT2D eigenvalue weighted by atomic mass is 10.1. The van der Waals surface area contributed by atoms with Gasteiger partial charge in [-0.15, -0.1) is 0 Å². The number of fused-ring (bicyclic) bond motifs is 1. The molecule has 0 unspecified atom stereocenters. The van der Waals surface area contributed by atoms with Gasteiger partial charge in [-0.3, -0.25) is 4.79 Å². The maximum Gasteiger partial charge on any atom is 0.259 e. The molecule has 0 bridgehead atoms. The molecule has 2 N–H and O–H groups in total. The number of carbonyl (C=O) groups is 1. The van der Waals surface area contributed by atoms with Crippen molar-refractivity contribution in [1.82, 2.24) is 15.0 Å². The summed E-state index contributed by atoms with van der Waals surface area (Å²) < 4.78 is 38.5. The molecule has 9 heteroatoms. The zero-order chi connectivity index (χ0) is 23.0. The molecule has 0 saturated carbocycles. The number of amides is 1. The highest BCUT2D eigenvalue weighted by molar-refractivity contribution is 7.92. The van der Waals surface area contributed by atoms with Crippen molar-refractivity contribution in [2.75, 3.05) is 5.32 Å². The second kappa shape index (κ2) is 8.16. The van der Waals surface area contributed by atoms with Gasteiger partial charge in [0.1, 0.15) is 11.3 Å². The predicted octanol–water partition coefficient (Wildman–Crippen LogP) is 4.51. The van der Waals surface area contributed by atoms with Crippen LogP contribution in [0.5, 0.6) is 0 Å². The molecule has 4 aromatic rings. The van der Waals surface area contributed by atoms with Crippen LogP contribution < -0.4 is 5.32 Å². The van der Waals surface area contributed by atoms with E-state index in [0.717, 1.165) is 0 Å². The van der Waals surface area contributed by atoms with E-state index in [0.29, 0.717) is 33.7 Å². The zero-order valence-corrected chi connectivity index (χ0v) is 18.5. The Morgan fingerprint density at radius 2 is 1.84 bits per heavy atom. The van der Waals surface area contributed by atoms with Crippen molar-refractivity contribution in [2.24, 2.45) is 0 Å². The summed E-state index contributed by atoms with van der Waals surface area (Å²) in [7, 11) is -3.38. The van der Waals surface area contributed by atoms with Crippen molar-refractivity contribution in [1.29, 1.82) is 0 Å². The van der Waals surface area contributed by atoms with Crippen molar-refractivity contribution < 1.29 is 17.6 Å². The molecule has 0 aliphatic rings. The maximum atomic E-state index is 13.8. The lowest BCUT2D eigenvalue weighted by Crippen LogP contribution is -2.13. The van der Waals surface area contributed by atoms with Gasteiger partial charge >= 0.3 is 0 Å². The summed E-state index contributed by atoms with van der Waals surface area (Å²) in [6.07, 6.45) is 3.04. The highest BCUT2D eigenvalue weighted by Gasteiger charge is 2.20. The number of anilines is 1. The van der Waals surface area contributed by atoms with Crippen LogP contribution in [0.2, 0.25) is 0 Å². The monoisotopic (exact) mass is 452 g/mol. The highest BCUT2D eigenvalue weighted by Crippen LogP contribution is 2.24. The van der Waals surface area contributed by atoms with Crippen LogP contribution in [0.15, 0.2) is 59.8 Å². The minimum atomic E-state index is -3.38. The van der Waals surface area contributed by atoms with Gasteiger partial charge in [0.2, 0.25) is 0 Å². The molecule has 4 rings (SSSR count). The van der Waals surface area contributed by atoms with E-state index in [9.17, 15) is 17.6 Å². The van der Waals surface area contributed by atoms with Gasteiger partial charge < -0.3 is 10.3 Å². The van der Waals surface area contributed by atoms with Crippen LogP contribution in [0.1, 0.15) is 29.8 Å². The normalized spacial score (nSPS) is 11.8. The minimum Gasteiger partial charge on any atom is -0.344 e. The Morgan fingerprint density at radius 1 is 1.12 bits per heavy atom. The fourth-order valence-electron chi connectivity index (χ4n) is 3.16.